The lowest BCUT2D eigenvalue weighted by molar-refractivity contribution is 0.555. The number of aryl methyl sites for hydroxylation is 1. The number of rotatable bonds is 5. The van der Waals surface area contributed by atoms with Crippen LogP contribution in [0.25, 0.3) is 0 Å². The maximum atomic E-state index is 12.4. The molecule has 0 aromatic heterocycles. The average Bonchev–Trinajstić information content (AvgIpc) is 2.45. The molecule has 23 heavy (non-hydrogen) atoms. The Kier molecular flexibility index (Phi) is 5.37. The van der Waals surface area contributed by atoms with Gasteiger partial charge in [0.1, 0.15) is 0 Å². The summed E-state index contributed by atoms with van der Waals surface area (Å²) in [4.78, 5) is 0.191. The molecule has 1 unspecified atom stereocenters. The summed E-state index contributed by atoms with van der Waals surface area (Å²) in [5.74, 6) is 0.141. The molecule has 8 heteroatoms. The molecule has 0 spiro atoms. The molecule has 1 saturated heterocycles. The quantitative estimate of drug-likeness (QED) is 0.870. The van der Waals surface area contributed by atoms with Crippen LogP contribution < -0.4 is 9.03 Å². The molecule has 1 aromatic carbocycles. The number of nitrogens with one attached hydrogen (secondary N) is 1. The maximum absolute atomic E-state index is 12.4. The van der Waals surface area contributed by atoms with Crippen LogP contribution in [0.5, 0.6) is 0 Å². The Bertz CT molecular complexity index is 773. The van der Waals surface area contributed by atoms with E-state index in [9.17, 15) is 16.8 Å². The van der Waals surface area contributed by atoms with Gasteiger partial charge in [0.2, 0.25) is 20.0 Å². The third-order valence-electron chi connectivity index (χ3n) is 4.05. The van der Waals surface area contributed by atoms with Crippen molar-refractivity contribution in [2.75, 3.05) is 16.6 Å². The lowest BCUT2D eigenvalue weighted by Crippen LogP contribution is -2.38. The lowest BCUT2D eigenvalue weighted by atomic mass is 10.2. The summed E-state index contributed by atoms with van der Waals surface area (Å²) >= 11 is 0. The van der Waals surface area contributed by atoms with Crippen molar-refractivity contribution in [2.45, 2.75) is 51.0 Å². The number of sulfonamides is 2. The van der Waals surface area contributed by atoms with E-state index in [1.807, 2.05) is 13.8 Å². The van der Waals surface area contributed by atoms with Gasteiger partial charge in [-0.3, -0.25) is 4.31 Å². The van der Waals surface area contributed by atoms with Crippen LogP contribution >= 0.6 is 0 Å². The van der Waals surface area contributed by atoms with Crippen LogP contribution in [0.4, 0.5) is 5.69 Å². The Labute approximate surface area is 139 Å². The van der Waals surface area contributed by atoms with Crippen molar-refractivity contribution in [1.82, 2.24) is 4.72 Å². The van der Waals surface area contributed by atoms with Crippen molar-refractivity contribution in [1.29, 1.82) is 0 Å². The molecule has 2 rings (SSSR count). The standard InChI is InChI=1S/C15H24N2O4S2/c1-4-13(3)16-23(20,21)15-8-7-14(11-12(15)2)17-9-5-6-10-22(17,18)19/h7-8,11,13,16H,4-6,9-10H2,1-3H3. The summed E-state index contributed by atoms with van der Waals surface area (Å²) in [7, 11) is -6.89. The van der Waals surface area contributed by atoms with E-state index in [0.29, 0.717) is 30.6 Å². The molecule has 0 saturated carbocycles. The van der Waals surface area contributed by atoms with Gasteiger partial charge in [-0.15, -0.1) is 0 Å². The highest BCUT2D eigenvalue weighted by molar-refractivity contribution is 7.92. The molecule has 0 aliphatic carbocycles. The molecule has 1 aliphatic heterocycles. The zero-order valence-electron chi connectivity index (χ0n) is 13.7. The zero-order valence-corrected chi connectivity index (χ0v) is 15.4. The van der Waals surface area contributed by atoms with Gasteiger partial charge in [0, 0.05) is 12.6 Å². The van der Waals surface area contributed by atoms with Gasteiger partial charge < -0.3 is 0 Å². The van der Waals surface area contributed by atoms with Crippen molar-refractivity contribution in [3.05, 3.63) is 23.8 Å². The van der Waals surface area contributed by atoms with Crippen molar-refractivity contribution in [3.8, 4) is 0 Å². The fourth-order valence-electron chi connectivity index (χ4n) is 2.58. The van der Waals surface area contributed by atoms with Gasteiger partial charge >= 0.3 is 0 Å². The first kappa shape index (κ1) is 18.2. The summed E-state index contributed by atoms with van der Waals surface area (Å²) in [5, 5.41) is 0. The molecule has 1 atom stereocenters. The predicted molar refractivity (Wildman–Crippen MR) is 91.6 cm³/mol. The average molecular weight is 361 g/mol. The maximum Gasteiger partial charge on any atom is 0.241 e. The summed E-state index contributed by atoms with van der Waals surface area (Å²) in [6.07, 6.45) is 2.18. The molecule has 0 bridgehead atoms. The second-order valence-corrected chi connectivity index (χ2v) is 9.67. The van der Waals surface area contributed by atoms with Crippen LogP contribution in [-0.4, -0.2) is 35.2 Å². The smallest absolute Gasteiger partial charge is 0.241 e. The van der Waals surface area contributed by atoms with E-state index in [1.165, 1.54) is 10.4 Å². The summed E-state index contributed by atoms with van der Waals surface area (Å²) < 4.78 is 53.1. The highest BCUT2D eigenvalue weighted by Gasteiger charge is 2.27. The van der Waals surface area contributed by atoms with Gasteiger partial charge in [0.05, 0.1) is 16.3 Å². The Morgan fingerprint density at radius 1 is 1.30 bits per heavy atom. The second kappa shape index (κ2) is 6.78. The fraction of sp³-hybridized carbons (Fsp3) is 0.600. The van der Waals surface area contributed by atoms with Gasteiger partial charge in [-0.25, -0.2) is 21.6 Å². The van der Waals surface area contributed by atoms with Crippen LogP contribution in [0.2, 0.25) is 0 Å². The van der Waals surface area contributed by atoms with E-state index in [1.54, 1.807) is 19.1 Å². The Morgan fingerprint density at radius 3 is 2.57 bits per heavy atom. The van der Waals surface area contributed by atoms with Crippen LogP contribution in [0.3, 0.4) is 0 Å². The predicted octanol–water partition coefficient (Wildman–Crippen LogP) is 2.00. The molecule has 6 nitrogen and oxygen atoms in total. The van der Waals surface area contributed by atoms with Crippen molar-refractivity contribution >= 4 is 25.7 Å². The Morgan fingerprint density at radius 2 is 2.00 bits per heavy atom. The molecule has 1 fully saturated rings. The SMILES string of the molecule is CCC(C)NS(=O)(=O)c1ccc(N2CCCCS2(=O)=O)cc1C. The molecule has 130 valence electrons. The number of hydrogen-bond donors (Lipinski definition) is 1. The topological polar surface area (TPSA) is 83.6 Å². The van der Waals surface area contributed by atoms with Crippen molar-refractivity contribution in [3.63, 3.8) is 0 Å². The minimum atomic E-state index is -3.60. The van der Waals surface area contributed by atoms with Gasteiger partial charge in [0.15, 0.2) is 0 Å². The van der Waals surface area contributed by atoms with E-state index in [-0.39, 0.29) is 16.7 Å². The molecule has 1 aliphatic rings. The number of anilines is 1. The van der Waals surface area contributed by atoms with Gasteiger partial charge in [-0.2, -0.15) is 0 Å². The molecule has 1 N–H and O–H groups in total. The first-order valence-corrected chi connectivity index (χ1v) is 10.9. The van der Waals surface area contributed by atoms with E-state index in [4.69, 9.17) is 0 Å². The molecule has 0 radical (unpaired) electrons. The molecule has 1 aromatic rings. The number of hydrogen-bond acceptors (Lipinski definition) is 4. The minimum absolute atomic E-state index is 0.141. The normalized spacial score (nSPS) is 19.5. The molecular weight excluding hydrogens is 336 g/mol. The van der Waals surface area contributed by atoms with Crippen LogP contribution in [0, 0.1) is 6.92 Å². The largest absolute Gasteiger partial charge is 0.270 e. The van der Waals surface area contributed by atoms with Crippen LogP contribution in [0.1, 0.15) is 38.7 Å². The van der Waals surface area contributed by atoms with E-state index < -0.39 is 20.0 Å². The molecule has 0 amide bonds. The van der Waals surface area contributed by atoms with E-state index >= 15 is 0 Å². The van der Waals surface area contributed by atoms with Gasteiger partial charge in [-0.1, -0.05) is 6.92 Å². The highest BCUT2D eigenvalue weighted by Crippen LogP contribution is 2.27. The minimum Gasteiger partial charge on any atom is -0.270 e. The molecule has 1 heterocycles. The Balaban J connectivity index is 2.35. The zero-order chi connectivity index (χ0) is 17.3. The van der Waals surface area contributed by atoms with E-state index in [2.05, 4.69) is 4.72 Å². The summed E-state index contributed by atoms with van der Waals surface area (Å²) in [6.45, 7) is 5.84. The third-order valence-corrected chi connectivity index (χ3v) is 7.67. The highest BCUT2D eigenvalue weighted by atomic mass is 32.2. The summed E-state index contributed by atoms with van der Waals surface area (Å²) in [6, 6.07) is 4.54. The van der Waals surface area contributed by atoms with Crippen molar-refractivity contribution < 1.29 is 16.8 Å². The van der Waals surface area contributed by atoms with Gasteiger partial charge in [-0.05, 0) is 56.9 Å². The first-order valence-electron chi connectivity index (χ1n) is 7.81. The third kappa shape index (κ3) is 4.05. The van der Waals surface area contributed by atoms with E-state index in [0.717, 1.165) is 6.42 Å². The van der Waals surface area contributed by atoms with Gasteiger partial charge in [0.25, 0.3) is 0 Å². The number of nitrogens with zero attached hydrogens (tertiary/aromatic N) is 1. The van der Waals surface area contributed by atoms with Crippen molar-refractivity contribution in [2.24, 2.45) is 0 Å². The number of benzene rings is 1. The van der Waals surface area contributed by atoms with Crippen LogP contribution in [0.15, 0.2) is 23.1 Å². The second-order valence-electron chi connectivity index (χ2n) is 5.98. The molecular formula is C15H24N2O4S2. The first-order chi connectivity index (χ1) is 10.7. The monoisotopic (exact) mass is 360 g/mol. The fourth-order valence-corrected chi connectivity index (χ4v) is 5.77. The summed E-state index contributed by atoms with van der Waals surface area (Å²) in [5.41, 5.74) is 1.07. The van der Waals surface area contributed by atoms with Crippen LogP contribution in [-0.2, 0) is 20.0 Å². The lowest BCUT2D eigenvalue weighted by Gasteiger charge is -2.28. The Hall–Kier alpha value is -1.12.